The molecule has 0 saturated heterocycles. The number of benzene rings is 3. The molecule has 140 valence electrons. The molecule has 1 heterocycles. The number of carbonyl (C=O) groups is 1. The summed E-state index contributed by atoms with van der Waals surface area (Å²) in [5.74, 6) is 0.563. The van der Waals surface area contributed by atoms with Crippen LogP contribution in [0.5, 0.6) is 5.75 Å². The second-order valence-corrected chi connectivity index (χ2v) is 7.73. The van der Waals surface area contributed by atoms with Crippen molar-refractivity contribution < 1.29 is 13.9 Å². The van der Waals surface area contributed by atoms with Crippen LogP contribution in [0.4, 0.5) is 0 Å². The topological polar surface area (TPSA) is 52.3 Å². The largest absolute Gasteiger partial charge is 0.436 e. The van der Waals surface area contributed by atoms with Gasteiger partial charge in [0.05, 0.1) is 5.56 Å². The number of ether oxygens (including phenoxy) is 1. The molecule has 0 aliphatic carbocycles. The number of hydrogen-bond acceptors (Lipinski definition) is 4. The molecule has 0 amide bonds. The summed E-state index contributed by atoms with van der Waals surface area (Å²) in [4.78, 5) is 17.0. The lowest BCUT2D eigenvalue weighted by Crippen LogP contribution is -2.12. The van der Waals surface area contributed by atoms with Crippen LogP contribution in [-0.2, 0) is 5.41 Å². The summed E-state index contributed by atoms with van der Waals surface area (Å²) in [5.41, 5.74) is 3.91. The summed E-state index contributed by atoms with van der Waals surface area (Å²) in [5, 5.41) is 0. The molecule has 0 unspecified atom stereocenters. The van der Waals surface area contributed by atoms with Crippen molar-refractivity contribution >= 4 is 17.1 Å². The fourth-order valence-electron chi connectivity index (χ4n) is 2.94. The average molecular weight is 371 g/mol. The fourth-order valence-corrected chi connectivity index (χ4v) is 2.94. The Morgan fingerprint density at radius 3 is 2.32 bits per heavy atom. The SMILES string of the molecule is CC(C)(C)c1ccc(C(=O)Oc2ccc3nc(-c4ccccc4)oc3c2)cc1. The summed E-state index contributed by atoms with van der Waals surface area (Å²) >= 11 is 0. The van der Waals surface area contributed by atoms with Crippen LogP contribution in [0.3, 0.4) is 0 Å². The van der Waals surface area contributed by atoms with E-state index in [1.54, 1.807) is 30.3 Å². The van der Waals surface area contributed by atoms with E-state index in [4.69, 9.17) is 9.15 Å². The first-order chi connectivity index (χ1) is 13.4. The minimum atomic E-state index is -0.400. The normalized spacial score (nSPS) is 11.5. The van der Waals surface area contributed by atoms with Gasteiger partial charge < -0.3 is 9.15 Å². The lowest BCUT2D eigenvalue weighted by molar-refractivity contribution is 0.0735. The number of carbonyl (C=O) groups excluding carboxylic acids is 1. The van der Waals surface area contributed by atoms with Crippen molar-refractivity contribution in [3.63, 3.8) is 0 Å². The van der Waals surface area contributed by atoms with Crippen LogP contribution < -0.4 is 4.74 Å². The molecule has 0 bridgehead atoms. The Bertz CT molecular complexity index is 1120. The van der Waals surface area contributed by atoms with E-state index in [1.165, 1.54) is 5.56 Å². The first kappa shape index (κ1) is 18.0. The van der Waals surface area contributed by atoms with Gasteiger partial charge in [-0.2, -0.15) is 0 Å². The summed E-state index contributed by atoms with van der Waals surface area (Å²) in [6.45, 7) is 6.41. The van der Waals surface area contributed by atoms with Crippen molar-refractivity contribution in [1.82, 2.24) is 4.98 Å². The monoisotopic (exact) mass is 371 g/mol. The van der Waals surface area contributed by atoms with Crippen LogP contribution in [0, 0.1) is 0 Å². The predicted octanol–water partition coefficient (Wildman–Crippen LogP) is 6.01. The molecule has 0 aliphatic rings. The Kier molecular flexibility index (Phi) is 4.47. The maximum absolute atomic E-state index is 12.5. The van der Waals surface area contributed by atoms with Crippen molar-refractivity contribution in [2.24, 2.45) is 0 Å². The van der Waals surface area contributed by atoms with Crippen LogP contribution in [0.2, 0.25) is 0 Å². The second-order valence-electron chi connectivity index (χ2n) is 7.73. The fraction of sp³-hybridized carbons (Fsp3) is 0.167. The molecule has 0 fully saturated rings. The zero-order chi connectivity index (χ0) is 19.7. The van der Waals surface area contributed by atoms with Crippen molar-refractivity contribution in [2.45, 2.75) is 26.2 Å². The van der Waals surface area contributed by atoms with E-state index in [-0.39, 0.29) is 5.41 Å². The maximum Gasteiger partial charge on any atom is 0.343 e. The summed E-state index contributed by atoms with van der Waals surface area (Å²) in [7, 11) is 0. The predicted molar refractivity (Wildman–Crippen MR) is 110 cm³/mol. The van der Waals surface area contributed by atoms with Gasteiger partial charge in [-0.1, -0.05) is 51.1 Å². The summed E-state index contributed by atoms with van der Waals surface area (Å²) in [6, 6.07) is 22.4. The van der Waals surface area contributed by atoms with Crippen LogP contribution in [0.15, 0.2) is 77.2 Å². The Labute approximate surface area is 163 Å². The third-order valence-electron chi connectivity index (χ3n) is 4.58. The molecule has 0 spiro atoms. The summed E-state index contributed by atoms with van der Waals surface area (Å²) in [6.07, 6.45) is 0. The highest BCUT2D eigenvalue weighted by Gasteiger charge is 2.16. The average Bonchev–Trinajstić information content (AvgIpc) is 3.11. The van der Waals surface area contributed by atoms with E-state index in [0.29, 0.717) is 28.3 Å². The Morgan fingerprint density at radius 1 is 0.929 bits per heavy atom. The van der Waals surface area contributed by atoms with Crippen molar-refractivity contribution in [3.05, 3.63) is 83.9 Å². The molecule has 0 saturated carbocycles. The maximum atomic E-state index is 12.5. The quantitative estimate of drug-likeness (QED) is 0.327. The highest BCUT2D eigenvalue weighted by atomic mass is 16.5. The van der Waals surface area contributed by atoms with Crippen molar-refractivity contribution in [3.8, 4) is 17.2 Å². The van der Waals surface area contributed by atoms with E-state index in [1.807, 2.05) is 42.5 Å². The number of aromatic nitrogens is 1. The minimum Gasteiger partial charge on any atom is -0.436 e. The van der Waals surface area contributed by atoms with Gasteiger partial charge in [0.2, 0.25) is 5.89 Å². The lowest BCUT2D eigenvalue weighted by atomic mass is 9.87. The van der Waals surface area contributed by atoms with E-state index in [2.05, 4.69) is 25.8 Å². The highest BCUT2D eigenvalue weighted by molar-refractivity contribution is 5.91. The van der Waals surface area contributed by atoms with E-state index >= 15 is 0 Å². The standard InChI is InChI=1S/C24H21NO3/c1-24(2,3)18-11-9-17(10-12-18)23(26)27-19-13-14-20-21(15-19)28-22(25-20)16-7-5-4-6-8-16/h4-15H,1-3H3. The van der Waals surface area contributed by atoms with E-state index in [0.717, 1.165) is 5.56 Å². The lowest BCUT2D eigenvalue weighted by Gasteiger charge is -2.18. The molecule has 3 aromatic carbocycles. The number of hydrogen-bond donors (Lipinski definition) is 0. The molecule has 4 heteroatoms. The van der Waals surface area contributed by atoms with Gasteiger partial charge in [0, 0.05) is 11.6 Å². The number of oxazole rings is 1. The third-order valence-corrected chi connectivity index (χ3v) is 4.58. The van der Waals surface area contributed by atoms with E-state index in [9.17, 15) is 4.79 Å². The van der Waals surface area contributed by atoms with Crippen LogP contribution >= 0.6 is 0 Å². The Balaban J connectivity index is 1.55. The smallest absolute Gasteiger partial charge is 0.343 e. The van der Waals surface area contributed by atoms with Gasteiger partial charge in [0.15, 0.2) is 5.58 Å². The van der Waals surface area contributed by atoms with Crippen molar-refractivity contribution in [1.29, 1.82) is 0 Å². The minimum absolute atomic E-state index is 0.0379. The number of fused-ring (bicyclic) bond motifs is 1. The van der Waals surface area contributed by atoms with Gasteiger partial charge in [-0.3, -0.25) is 0 Å². The zero-order valence-corrected chi connectivity index (χ0v) is 16.1. The van der Waals surface area contributed by atoms with Gasteiger partial charge in [0.1, 0.15) is 11.3 Å². The molecule has 0 N–H and O–H groups in total. The first-order valence-corrected chi connectivity index (χ1v) is 9.19. The highest BCUT2D eigenvalue weighted by Crippen LogP contribution is 2.27. The molecule has 1 aromatic heterocycles. The van der Waals surface area contributed by atoms with Crippen molar-refractivity contribution in [2.75, 3.05) is 0 Å². The molecule has 0 aliphatic heterocycles. The molecular formula is C24H21NO3. The molecule has 28 heavy (non-hydrogen) atoms. The number of rotatable bonds is 3. The van der Waals surface area contributed by atoms with Gasteiger partial charge >= 0.3 is 5.97 Å². The first-order valence-electron chi connectivity index (χ1n) is 9.19. The molecule has 4 nitrogen and oxygen atoms in total. The zero-order valence-electron chi connectivity index (χ0n) is 16.1. The Morgan fingerprint density at radius 2 is 1.64 bits per heavy atom. The Hall–Kier alpha value is -3.40. The van der Waals surface area contributed by atoms with Crippen LogP contribution in [-0.4, -0.2) is 11.0 Å². The molecular weight excluding hydrogens is 350 g/mol. The molecule has 4 aromatic rings. The van der Waals surface area contributed by atoms with Crippen LogP contribution in [0.25, 0.3) is 22.6 Å². The third kappa shape index (κ3) is 3.67. The molecule has 4 rings (SSSR count). The van der Waals surface area contributed by atoms with Gasteiger partial charge in [-0.05, 0) is 47.4 Å². The number of nitrogens with zero attached hydrogens (tertiary/aromatic N) is 1. The molecule has 0 atom stereocenters. The summed E-state index contributed by atoms with van der Waals surface area (Å²) < 4.78 is 11.4. The van der Waals surface area contributed by atoms with Gasteiger partial charge in [-0.25, -0.2) is 9.78 Å². The number of esters is 1. The van der Waals surface area contributed by atoms with Gasteiger partial charge in [0.25, 0.3) is 0 Å². The van der Waals surface area contributed by atoms with E-state index < -0.39 is 5.97 Å². The van der Waals surface area contributed by atoms with Crippen LogP contribution in [0.1, 0.15) is 36.7 Å². The molecule has 0 radical (unpaired) electrons. The second kappa shape index (κ2) is 6.97. The van der Waals surface area contributed by atoms with Gasteiger partial charge in [-0.15, -0.1) is 0 Å².